The number of alkyl halides is 1. The second kappa shape index (κ2) is 4.48. The average molecular weight is 278 g/mol. The first-order valence-corrected chi connectivity index (χ1v) is 7.48. The van der Waals surface area contributed by atoms with E-state index in [0.717, 1.165) is 34.9 Å². The van der Waals surface area contributed by atoms with Crippen molar-refractivity contribution in [2.24, 2.45) is 5.92 Å². The molecule has 2 aromatic heterocycles. The van der Waals surface area contributed by atoms with Gasteiger partial charge in [-0.2, -0.15) is 0 Å². The van der Waals surface area contributed by atoms with E-state index in [0.29, 0.717) is 5.88 Å². The van der Waals surface area contributed by atoms with Crippen LogP contribution in [-0.4, -0.2) is 20.4 Å². The molecule has 0 spiro atoms. The molecule has 0 saturated heterocycles. The third-order valence-electron chi connectivity index (χ3n) is 4.17. The van der Waals surface area contributed by atoms with Gasteiger partial charge >= 0.3 is 0 Å². The first-order chi connectivity index (χ1) is 9.04. The average Bonchev–Trinajstić information content (AvgIpc) is 3.12. The summed E-state index contributed by atoms with van der Waals surface area (Å²) >= 11 is 5.94. The van der Waals surface area contributed by atoms with Crippen LogP contribution in [0.2, 0.25) is 0 Å². The molecule has 1 fully saturated rings. The number of nitrogens with zero attached hydrogens (tertiary/aromatic N) is 3. The Labute approximate surface area is 119 Å². The largest absolute Gasteiger partial charge is 0.307 e. The van der Waals surface area contributed by atoms with Crippen molar-refractivity contribution in [1.82, 2.24) is 14.5 Å². The molecule has 102 valence electrons. The molecule has 0 bridgehead atoms. The third-order valence-corrected chi connectivity index (χ3v) is 4.36. The molecule has 0 unspecified atom stereocenters. The highest BCUT2D eigenvalue weighted by Crippen LogP contribution is 2.45. The summed E-state index contributed by atoms with van der Waals surface area (Å²) in [6.45, 7) is 6.65. The van der Waals surface area contributed by atoms with Crippen LogP contribution in [0.5, 0.6) is 0 Å². The summed E-state index contributed by atoms with van der Waals surface area (Å²) < 4.78 is 2.32. The van der Waals surface area contributed by atoms with Gasteiger partial charge in [0.1, 0.15) is 11.3 Å². The van der Waals surface area contributed by atoms with Crippen molar-refractivity contribution in [1.29, 1.82) is 0 Å². The molecule has 0 N–H and O–H groups in total. The van der Waals surface area contributed by atoms with E-state index in [4.69, 9.17) is 16.6 Å². The van der Waals surface area contributed by atoms with Crippen LogP contribution in [0, 0.1) is 12.8 Å². The molecule has 0 atom stereocenters. The van der Waals surface area contributed by atoms with E-state index in [2.05, 4.69) is 36.4 Å². The quantitative estimate of drug-likeness (QED) is 0.799. The zero-order valence-corrected chi connectivity index (χ0v) is 12.5. The summed E-state index contributed by atoms with van der Waals surface area (Å²) in [5, 5.41) is 0. The lowest BCUT2D eigenvalue weighted by Gasteiger charge is -2.29. The van der Waals surface area contributed by atoms with Gasteiger partial charge in [0.2, 0.25) is 0 Å². The van der Waals surface area contributed by atoms with Crippen molar-refractivity contribution in [3.8, 4) is 0 Å². The Kier molecular flexibility index (Phi) is 3.05. The predicted molar refractivity (Wildman–Crippen MR) is 78.7 cm³/mol. The number of hydrogen-bond donors (Lipinski definition) is 0. The number of aryl methyl sites for hydroxylation is 2. The molecular weight excluding hydrogens is 258 g/mol. The molecule has 2 heterocycles. The van der Waals surface area contributed by atoms with Gasteiger partial charge in [0.05, 0.1) is 0 Å². The van der Waals surface area contributed by atoms with Gasteiger partial charge in [-0.1, -0.05) is 0 Å². The van der Waals surface area contributed by atoms with Crippen LogP contribution in [0.15, 0.2) is 12.3 Å². The fourth-order valence-corrected chi connectivity index (χ4v) is 3.11. The van der Waals surface area contributed by atoms with Crippen LogP contribution in [0.1, 0.15) is 38.1 Å². The molecule has 1 aliphatic carbocycles. The Bertz CT molecular complexity index is 611. The lowest BCUT2D eigenvalue weighted by Crippen LogP contribution is -2.30. The molecule has 4 heteroatoms. The molecule has 19 heavy (non-hydrogen) atoms. The number of fused-ring (bicyclic) bond motifs is 1. The maximum Gasteiger partial charge on any atom is 0.160 e. The van der Waals surface area contributed by atoms with E-state index in [1.165, 1.54) is 12.8 Å². The lowest BCUT2D eigenvalue weighted by atomic mass is 9.98. The molecule has 2 aromatic rings. The SMILES string of the molecule is Cc1cnc2c(c1)nc(CCCl)n2C(C)(C)C1CC1. The fourth-order valence-electron chi connectivity index (χ4n) is 2.94. The standard InChI is InChI=1S/C15H20ClN3/c1-10-8-12-14(17-9-10)19(13(18-12)6-7-16)15(2,3)11-4-5-11/h8-9,11H,4-7H2,1-3H3. The van der Waals surface area contributed by atoms with Crippen LogP contribution >= 0.6 is 11.6 Å². The van der Waals surface area contributed by atoms with Crippen molar-refractivity contribution < 1.29 is 0 Å². The highest BCUT2D eigenvalue weighted by atomic mass is 35.5. The summed E-state index contributed by atoms with van der Waals surface area (Å²) in [7, 11) is 0. The zero-order chi connectivity index (χ0) is 13.6. The molecule has 1 aliphatic rings. The van der Waals surface area contributed by atoms with E-state index in [1.807, 2.05) is 6.20 Å². The van der Waals surface area contributed by atoms with Crippen LogP contribution in [0.3, 0.4) is 0 Å². The van der Waals surface area contributed by atoms with Crippen molar-refractivity contribution in [3.05, 3.63) is 23.7 Å². The van der Waals surface area contributed by atoms with Crippen LogP contribution < -0.4 is 0 Å². The zero-order valence-electron chi connectivity index (χ0n) is 11.8. The Morgan fingerprint density at radius 2 is 2.16 bits per heavy atom. The summed E-state index contributed by atoms with van der Waals surface area (Å²) in [4.78, 5) is 9.37. The molecule has 0 aromatic carbocycles. The summed E-state index contributed by atoms with van der Waals surface area (Å²) in [5.74, 6) is 2.41. The van der Waals surface area contributed by atoms with Gasteiger partial charge in [-0.15, -0.1) is 11.6 Å². The van der Waals surface area contributed by atoms with E-state index >= 15 is 0 Å². The minimum Gasteiger partial charge on any atom is -0.307 e. The Morgan fingerprint density at radius 1 is 1.42 bits per heavy atom. The van der Waals surface area contributed by atoms with Crippen molar-refractivity contribution >= 4 is 22.8 Å². The highest BCUT2D eigenvalue weighted by Gasteiger charge is 2.41. The van der Waals surface area contributed by atoms with E-state index in [-0.39, 0.29) is 5.54 Å². The summed E-state index contributed by atoms with van der Waals surface area (Å²) in [6.07, 6.45) is 5.33. The van der Waals surface area contributed by atoms with E-state index in [1.54, 1.807) is 0 Å². The molecule has 0 aliphatic heterocycles. The van der Waals surface area contributed by atoms with Crippen molar-refractivity contribution in [2.45, 2.75) is 45.6 Å². The number of halogens is 1. The first-order valence-electron chi connectivity index (χ1n) is 6.94. The monoisotopic (exact) mass is 277 g/mol. The first kappa shape index (κ1) is 12.9. The van der Waals surface area contributed by atoms with Gasteiger partial charge in [-0.3, -0.25) is 0 Å². The lowest BCUT2D eigenvalue weighted by molar-refractivity contribution is 0.303. The molecule has 1 saturated carbocycles. The Morgan fingerprint density at radius 3 is 2.79 bits per heavy atom. The minimum absolute atomic E-state index is 0.0817. The van der Waals surface area contributed by atoms with Gasteiger partial charge < -0.3 is 4.57 Å². The number of hydrogen-bond acceptors (Lipinski definition) is 2. The molecule has 0 amide bonds. The van der Waals surface area contributed by atoms with E-state index in [9.17, 15) is 0 Å². The molecule has 3 nitrogen and oxygen atoms in total. The second-order valence-electron chi connectivity index (χ2n) is 6.09. The normalized spacial score (nSPS) is 16.2. The summed E-state index contributed by atoms with van der Waals surface area (Å²) in [5.41, 5.74) is 3.23. The van der Waals surface area contributed by atoms with Gasteiger partial charge in [0, 0.05) is 24.0 Å². The number of rotatable bonds is 4. The van der Waals surface area contributed by atoms with Crippen LogP contribution in [-0.2, 0) is 12.0 Å². The number of imidazole rings is 1. The smallest absolute Gasteiger partial charge is 0.160 e. The number of aromatic nitrogens is 3. The van der Waals surface area contributed by atoms with Crippen LogP contribution in [0.4, 0.5) is 0 Å². The van der Waals surface area contributed by atoms with E-state index < -0.39 is 0 Å². The van der Waals surface area contributed by atoms with Crippen molar-refractivity contribution in [2.75, 3.05) is 5.88 Å². The maximum absolute atomic E-state index is 5.94. The predicted octanol–water partition coefficient (Wildman–Crippen LogP) is 3.67. The van der Waals surface area contributed by atoms with Crippen molar-refractivity contribution in [3.63, 3.8) is 0 Å². The van der Waals surface area contributed by atoms with Gasteiger partial charge in [-0.25, -0.2) is 9.97 Å². The fraction of sp³-hybridized carbons (Fsp3) is 0.600. The van der Waals surface area contributed by atoms with Gasteiger partial charge in [0.25, 0.3) is 0 Å². The van der Waals surface area contributed by atoms with Crippen LogP contribution in [0.25, 0.3) is 11.2 Å². The highest BCUT2D eigenvalue weighted by molar-refractivity contribution is 6.17. The summed E-state index contributed by atoms with van der Waals surface area (Å²) in [6, 6.07) is 2.11. The molecule has 3 rings (SSSR count). The van der Waals surface area contributed by atoms with Gasteiger partial charge in [-0.05, 0) is 51.2 Å². The second-order valence-corrected chi connectivity index (χ2v) is 6.46. The topological polar surface area (TPSA) is 30.7 Å². The minimum atomic E-state index is 0.0817. The maximum atomic E-state index is 5.94. The van der Waals surface area contributed by atoms with Gasteiger partial charge in [0.15, 0.2) is 5.65 Å². The number of pyridine rings is 1. The molecule has 0 radical (unpaired) electrons. The third kappa shape index (κ3) is 2.14. The molecular formula is C15H20ClN3. The Balaban J connectivity index is 2.21. The Hall–Kier alpha value is -1.09.